The smallest absolute Gasteiger partial charge is 0.326 e. The number of nitrogens with one attached hydrogen (secondary N) is 2. The number of rotatable bonds is 6. The van der Waals surface area contributed by atoms with E-state index < -0.39 is 12.0 Å². The second-order valence-electron chi connectivity index (χ2n) is 4.73. The summed E-state index contributed by atoms with van der Waals surface area (Å²) in [6, 6.07) is 4.66. The van der Waals surface area contributed by atoms with Crippen LogP contribution in [0, 0.1) is 0 Å². The lowest BCUT2D eigenvalue weighted by molar-refractivity contribution is -0.139. The Morgan fingerprint density at radius 2 is 2.15 bits per heavy atom. The minimum Gasteiger partial charge on any atom is -0.480 e. The van der Waals surface area contributed by atoms with E-state index in [9.17, 15) is 9.59 Å². The molecular weight excluding hydrogens is 276 g/mol. The standard InChI is InChI=1S/C14H18N2O3S/c1-20-5-4-12(14(18)19)16-13(17)9-2-3-10-7-15-8-11(10)6-9/h2-3,6,12,15H,4-5,7-8H2,1H3,(H,16,17)(H,18,19)/t12-/m0/s1. The molecule has 20 heavy (non-hydrogen) atoms. The van der Waals surface area contributed by atoms with Gasteiger partial charge >= 0.3 is 5.97 Å². The van der Waals surface area contributed by atoms with E-state index in [1.54, 1.807) is 17.8 Å². The van der Waals surface area contributed by atoms with Crippen LogP contribution in [0.5, 0.6) is 0 Å². The molecule has 108 valence electrons. The second-order valence-corrected chi connectivity index (χ2v) is 5.72. The molecule has 1 aromatic rings. The van der Waals surface area contributed by atoms with E-state index in [0.29, 0.717) is 17.7 Å². The highest BCUT2D eigenvalue weighted by Gasteiger charge is 2.21. The van der Waals surface area contributed by atoms with Gasteiger partial charge in [0.05, 0.1) is 0 Å². The fraction of sp³-hybridized carbons (Fsp3) is 0.429. The monoisotopic (exact) mass is 294 g/mol. The van der Waals surface area contributed by atoms with Crippen LogP contribution in [0.2, 0.25) is 0 Å². The first-order valence-corrected chi connectivity index (χ1v) is 7.86. The van der Waals surface area contributed by atoms with Crippen molar-refractivity contribution in [2.45, 2.75) is 25.6 Å². The first kappa shape index (κ1) is 14.9. The van der Waals surface area contributed by atoms with Crippen LogP contribution in [0.1, 0.15) is 27.9 Å². The Bertz CT molecular complexity index is 519. The molecule has 2 rings (SSSR count). The van der Waals surface area contributed by atoms with Crippen LogP contribution in [-0.2, 0) is 17.9 Å². The van der Waals surface area contributed by atoms with Gasteiger partial charge in [-0.2, -0.15) is 11.8 Å². The molecule has 0 fully saturated rings. The molecule has 3 N–H and O–H groups in total. The lowest BCUT2D eigenvalue weighted by Crippen LogP contribution is -2.41. The minimum absolute atomic E-state index is 0.326. The molecule has 1 atom stereocenters. The van der Waals surface area contributed by atoms with Crippen LogP contribution in [0.25, 0.3) is 0 Å². The van der Waals surface area contributed by atoms with E-state index in [-0.39, 0.29) is 5.91 Å². The van der Waals surface area contributed by atoms with Gasteiger partial charge in [0.15, 0.2) is 0 Å². The van der Waals surface area contributed by atoms with Gasteiger partial charge in [0.1, 0.15) is 6.04 Å². The Labute approximate surface area is 122 Å². The van der Waals surface area contributed by atoms with Crippen molar-refractivity contribution in [1.82, 2.24) is 10.6 Å². The van der Waals surface area contributed by atoms with Crippen molar-refractivity contribution in [3.05, 3.63) is 34.9 Å². The molecule has 0 unspecified atom stereocenters. The predicted octanol–water partition coefficient (Wildman–Crippen LogP) is 1.23. The summed E-state index contributed by atoms with van der Waals surface area (Å²) in [6.07, 6.45) is 2.34. The van der Waals surface area contributed by atoms with Gasteiger partial charge < -0.3 is 15.7 Å². The molecule has 1 aliphatic rings. The van der Waals surface area contributed by atoms with E-state index in [1.165, 1.54) is 5.56 Å². The number of amides is 1. The SMILES string of the molecule is CSCC[C@H](NC(=O)c1ccc2c(c1)CNC2)C(=O)O. The maximum Gasteiger partial charge on any atom is 0.326 e. The summed E-state index contributed by atoms with van der Waals surface area (Å²) < 4.78 is 0. The van der Waals surface area contributed by atoms with Crippen molar-refractivity contribution in [3.8, 4) is 0 Å². The van der Waals surface area contributed by atoms with E-state index in [2.05, 4.69) is 10.6 Å². The quantitative estimate of drug-likeness (QED) is 0.735. The molecular formula is C14H18N2O3S. The summed E-state index contributed by atoms with van der Waals surface area (Å²) in [5.41, 5.74) is 2.82. The third-order valence-corrected chi connectivity index (χ3v) is 3.96. The highest BCUT2D eigenvalue weighted by Crippen LogP contribution is 2.17. The molecule has 0 radical (unpaired) electrons. The molecule has 0 saturated heterocycles. The van der Waals surface area contributed by atoms with E-state index >= 15 is 0 Å². The first-order chi connectivity index (χ1) is 9.61. The van der Waals surface area contributed by atoms with E-state index in [0.717, 1.165) is 18.7 Å². The zero-order chi connectivity index (χ0) is 14.5. The Hall–Kier alpha value is -1.53. The Morgan fingerprint density at radius 3 is 2.85 bits per heavy atom. The van der Waals surface area contributed by atoms with Gasteiger partial charge in [-0.3, -0.25) is 4.79 Å². The predicted molar refractivity (Wildman–Crippen MR) is 78.9 cm³/mol. The van der Waals surface area contributed by atoms with Crippen molar-refractivity contribution >= 4 is 23.6 Å². The van der Waals surface area contributed by atoms with Crippen molar-refractivity contribution in [2.75, 3.05) is 12.0 Å². The van der Waals surface area contributed by atoms with Gasteiger partial charge in [-0.25, -0.2) is 4.79 Å². The molecule has 1 aliphatic heterocycles. The fourth-order valence-electron chi connectivity index (χ4n) is 2.17. The third-order valence-electron chi connectivity index (χ3n) is 3.31. The van der Waals surface area contributed by atoms with Crippen LogP contribution < -0.4 is 10.6 Å². The van der Waals surface area contributed by atoms with Gasteiger partial charge in [0, 0.05) is 18.7 Å². The highest BCUT2D eigenvalue weighted by atomic mass is 32.2. The van der Waals surface area contributed by atoms with Gasteiger partial charge in [-0.05, 0) is 41.7 Å². The van der Waals surface area contributed by atoms with Crippen LogP contribution in [0.3, 0.4) is 0 Å². The summed E-state index contributed by atoms with van der Waals surface area (Å²) in [7, 11) is 0. The zero-order valence-electron chi connectivity index (χ0n) is 11.3. The zero-order valence-corrected chi connectivity index (χ0v) is 12.1. The number of carboxylic acid groups (broad SMARTS) is 1. The summed E-state index contributed by atoms with van der Waals surface area (Å²) in [5, 5.41) is 14.9. The molecule has 0 saturated carbocycles. The summed E-state index contributed by atoms with van der Waals surface area (Å²) in [6.45, 7) is 1.58. The van der Waals surface area contributed by atoms with Crippen LogP contribution >= 0.6 is 11.8 Å². The van der Waals surface area contributed by atoms with E-state index in [4.69, 9.17) is 5.11 Å². The van der Waals surface area contributed by atoms with Gasteiger partial charge in [0.25, 0.3) is 5.91 Å². The number of carbonyl (C=O) groups excluding carboxylic acids is 1. The van der Waals surface area contributed by atoms with Gasteiger partial charge in [-0.15, -0.1) is 0 Å². The Kier molecular flexibility index (Phi) is 5.03. The molecule has 1 aromatic carbocycles. The molecule has 0 aliphatic carbocycles. The van der Waals surface area contributed by atoms with Crippen LogP contribution in [-0.4, -0.2) is 35.0 Å². The maximum atomic E-state index is 12.1. The number of aliphatic carboxylic acids is 1. The molecule has 0 bridgehead atoms. The second kappa shape index (κ2) is 6.76. The largest absolute Gasteiger partial charge is 0.480 e. The number of hydrogen-bond donors (Lipinski definition) is 3. The average Bonchev–Trinajstić information content (AvgIpc) is 2.90. The Morgan fingerprint density at radius 1 is 1.40 bits per heavy atom. The number of thioether (sulfide) groups is 1. The number of hydrogen-bond acceptors (Lipinski definition) is 4. The number of benzene rings is 1. The molecule has 0 aromatic heterocycles. The topological polar surface area (TPSA) is 78.4 Å². The lowest BCUT2D eigenvalue weighted by Gasteiger charge is -2.14. The highest BCUT2D eigenvalue weighted by molar-refractivity contribution is 7.98. The molecule has 5 nitrogen and oxygen atoms in total. The maximum absolute atomic E-state index is 12.1. The van der Waals surface area contributed by atoms with Gasteiger partial charge in [-0.1, -0.05) is 6.07 Å². The molecule has 6 heteroatoms. The number of fused-ring (bicyclic) bond motifs is 1. The van der Waals surface area contributed by atoms with Crippen molar-refractivity contribution in [2.24, 2.45) is 0 Å². The van der Waals surface area contributed by atoms with Gasteiger partial charge in [0.2, 0.25) is 0 Å². The minimum atomic E-state index is -0.991. The summed E-state index contributed by atoms with van der Waals surface area (Å²) in [5.74, 6) is -0.617. The Balaban J connectivity index is 2.04. The number of carbonyl (C=O) groups is 2. The van der Waals surface area contributed by atoms with Crippen molar-refractivity contribution in [1.29, 1.82) is 0 Å². The fourth-order valence-corrected chi connectivity index (χ4v) is 2.64. The summed E-state index contributed by atoms with van der Waals surface area (Å²) in [4.78, 5) is 23.2. The molecule has 1 heterocycles. The number of carboxylic acids is 1. The normalized spacial score (nSPS) is 14.7. The van der Waals surface area contributed by atoms with Crippen molar-refractivity contribution < 1.29 is 14.7 Å². The van der Waals surface area contributed by atoms with Crippen LogP contribution in [0.15, 0.2) is 18.2 Å². The molecule has 1 amide bonds. The summed E-state index contributed by atoms with van der Waals surface area (Å²) >= 11 is 1.56. The van der Waals surface area contributed by atoms with Crippen molar-refractivity contribution in [3.63, 3.8) is 0 Å². The third kappa shape index (κ3) is 3.52. The van der Waals surface area contributed by atoms with E-state index in [1.807, 2.05) is 18.4 Å². The van der Waals surface area contributed by atoms with Crippen LogP contribution in [0.4, 0.5) is 0 Å². The molecule has 0 spiro atoms. The first-order valence-electron chi connectivity index (χ1n) is 6.47. The average molecular weight is 294 g/mol. The lowest BCUT2D eigenvalue weighted by atomic mass is 10.1.